The maximum Gasteiger partial charge on any atom is 0.266 e. The van der Waals surface area contributed by atoms with Crippen LogP contribution in [-0.2, 0) is 4.79 Å². The lowest BCUT2D eigenvalue weighted by Gasteiger charge is -2.06. The summed E-state index contributed by atoms with van der Waals surface area (Å²) in [5, 5.41) is 11.6. The summed E-state index contributed by atoms with van der Waals surface area (Å²) in [4.78, 5) is 23.1. The Bertz CT molecular complexity index is 865. The first-order chi connectivity index (χ1) is 11.4. The number of aryl methyl sites for hydroxylation is 1. The van der Waals surface area contributed by atoms with Gasteiger partial charge in [0.25, 0.3) is 11.8 Å². The largest absolute Gasteiger partial charge is 0.366 e. The molecule has 6 heteroatoms. The van der Waals surface area contributed by atoms with Crippen LogP contribution in [0.3, 0.4) is 0 Å². The molecule has 0 spiro atoms. The summed E-state index contributed by atoms with van der Waals surface area (Å²) in [6, 6.07) is 12.6. The van der Waals surface area contributed by atoms with Crippen molar-refractivity contribution in [2.45, 2.75) is 6.92 Å². The Balaban J connectivity index is 2.21. The molecule has 0 radical (unpaired) electrons. The van der Waals surface area contributed by atoms with Crippen LogP contribution in [0.4, 0.5) is 10.1 Å². The Kier molecular flexibility index (Phi) is 5.07. The molecule has 0 saturated carbocycles. The van der Waals surface area contributed by atoms with Crippen LogP contribution in [0.25, 0.3) is 6.08 Å². The summed E-state index contributed by atoms with van der Waals surface area (Å²) < 4.78 is 13.7. The van der Waals surface area contributed by atoms with Gasteiger partial charge < -0.3 is 11.1 Å². The SMILES string of the molecule is Cc1ccc(/C=C(\C#N)C(=O)Nc2ccc(C(N)=O)c(F)c2)cc1. The summed E-state index contributed by atoms with van der Waals surface area (Å²) in [6.07, 6.45) is 1.43. The Morgan fingerprint density at radius 2 is 1.88 bits per heavy atom. The number of nitrogens with one attached hydrogen (secondary N) is 1. The highest BCUT2D eigenvalue weighted by atomic mass is 19.1. The number of anilines is 1. The lowest BCUT2D eigenvalue weighted by molar-refractivity contribution is -0.112. The number of amides is 2. The van der Waals surface area contributed by atoms with Crippen molar-refractivity contribution in [3.63, 3.8) is 0 Å². The highest BCUT2D eigenvalue weighted by Crippen LogP contribution is 2.16. The Labute approximate surface area is 138 Å². The summed E-state index contributed by atoms with van der Waals surface area (Å²) >= 11 is 0. The highest BCUT2D eigenvalue weighted by Gasteiger charge is 2.13. The fourth-order valence-corrected chi connectivity index (χ4v) is 1.97. The number of nitriles is 1. The number of nitrogens with zero attached hydrogens (tertiary/aromatic N) is 1. The Morgan fingerprint density at radius 1 is 1.21 bits per heavy atom. The fraction of sp³-hybridized carbons (Fsp3) is 0.0556. The molecule has 0 unspecified atom stereocenters. The van der Waals surface area contributed by atoms with Crippen molar-refractivity contribution >= 4 is 23.6 Å². The second kappa shape index (κ2) is 7.20. The fourth-order valence-electron chi connectivity index (χ4n) is 1.97. The van der Waals surface area contributed by atoms with Gasteiger partial charge in [0.05, 0.1) is 5.56 Å². The third-order valence-electron chi connectivity index (χ3n) is 3.25. The van der Waals surface area contributed by atoms with Crippen LogP contribution >= 0.6 is 0 Å². The highest BCUT2D eigenvalue weighted by molar-refractivity contribution is 6.09. The van der Waals surface area contributed by atoms with E-state index in [0.29, 0.717) is 5.56 Å². The number of nitrogens with two attached hydrogens (primary N) is 1. The molecule has 2 rings (SSSR count). The second-order valence-corrected chi connectivity index (χ2v) is 5.09. The molecule has 0 heterocycles. The molecular weight excluding hydrogens is 309 g/mol. The van der Waals surface area contributed by atoms with Crippen LogP contribution < -0.4 is 11.1 Å². The molecule has 0 saturated heterocycles. The van der Waals surface area contributed by atoms with E-state index in [2.05, 4.69) is 5.32 Å². The van der Waals surface area contributed by atoms with Gasteiger partial charge in [0.2, 0.25) is 0 Å². The van der Waals surface area contributed by atoms with Gasteiger partial charge in [-0.25, -0.2) is 4.39 Å². The number of rotatable bonds is 4. The van der Waals surface area contributed by atoms with Gasteiger partial charge in [-0.05, 0) is 36.8 Å². The van der Waals surface area contributed by atoms with E-state index in [1.54, 1.807) is 12.1 Å². The van der Waals surface area contributed by atoms with E-state index in [1.807, 2.05) is 25.1 Å². The zero-order chi connectivity index (χ0) is 17.7. The Hall–Kier alpha value is -3.46. The lowest BCUT2D eigenvalue weighted by Crippen LogP contribution is -2.16. The lowest BCUT2D eigenvalue weighted by atomic mass is 10.1. The van der Waals surface area contributed by atoms with Crippen molar-refractivity contribution in [2.24, 2.45) is 5.73 Å². The smallest absolute Gasteiger partial charge is 0.266 e. The predicted octanol–water partition coefficient (Wildman–Crippen LogP) is 2.78. The van der Waals surface area contributed by atoms with Crippen molar-refractivity contribution < 1.29 is 14.0 Å². The summed E-state index contributed by atoms with van der Waals surface area (Å²) in [5.41, 5.74) is 6.48. The third-order valence-corrected chi connectivity index (χ3v) is 3.25. The van der Waals surface area contributed by atoms with E-state index in [1.165, 1.54) is 18.2 Å². The number of carbonyl (C=O) groups is 2. The molecular formula is C18H14FN3O2. The third kappa shape index (κ3) is 4.05. The van der Waals surface area contributed by atoms with Gasteiger partial charge in [-0.1, -0.05) is 29.8 Å². The molecule has 2 amide bonds. The van der Waals surface area contributed by atoms with Crippen LogP contribution in [0.15, 0.2) is 48.0 Å². The van der Waals surface area contributed by atoms with Crippen LogP contribution in [0.1, 0.15) is 21.5 Å². The van der Waals surface area contributed by atoms with Gasteiger partial charge >= 0.3 is 0 Å². The normalized spacial score (nSPS) is 10.8. The van der Waals surface area contributed by atoms with Gasteiger partial charge in [0.15, 0.2) is 0 Å². The van der Waals surface area contributed by atoms with Gasteiger partial charge in [-0.15, -0.1) is 0 Å². The predicted molar refractivity (Wildman–Crippen MR) is 88.3 cm³/mol. The summed E-state index contributed by atoms with van der Waals surface area (Å²) in [7, 11) is 0. The number of halogens is 1. The Morgan fingerprint density at radius 3 is 2.42 bits per heavy atom. The molecule has 0 aliphatic heterocycles. The molecule has 2 aromatic carbocycles. The minimum atomic E-state index is -0.901. The van der Waals surface area contributed by atoms with Crippen LogP contribution in [0, 0.1) is 24.1 Å². The average molecular weight is 323 g/mol. The molecule has 0 fully saturated rings. The number of primary amides is 1. The first-order valence-corrected chi connectivity index (χ1v) is 7.00. The molecule has 0 atom stereocenters. The molecule has 0 bridgehead atoms. The molecule has 120 valence electrons. The van der Waals surface area contributed by atoms with Gasteiger partial charge in [-0.3, -0.25) is 9.59 Å². The minimum Gasteiger partial charge on any atom is -0.366 e. The van der Waals surface area contributed by atoms with Crippen molar-refractivity contribution in [3.8, 4) is 6.07 Å². The number of hydrogen-bond donors (Lipinski definition) is 2. The maximum absolute atomic E-state index is 13.7. The van der Waals surface area contributed by atoms with Gasteiger partial charge in [0.1, 0.15) is 17.5 Å². The van der Waals surface area contributed by atoms with Crippen LogP contribution in [0.2, 0.25) is 0 Å². The van der Waals surface area contributed by atoms with E-state index in [9.17, 15) is 14.0 Å². The quantitative estimate of drug-likeness (QED) is 0.669. The number of hydrogen-bond acceptors (Lipinski definition) is 3. The van der Waals surface area contributed by atoms with Crippen LogP contribution in [-0.4, -0.2) is 11.8 Å². The van der Waals surface area contributed by atoms with Crippen molar-refractivity contribution in [2.75, 3.05) is 5.32 Å². The van der Waals surface area contributed by atoms with Crippen molar-refractivity contribution in [1.82, 2.24) is 0 Å². The van der Waals surface area contributed by atoms with E-state index < -0.39 is 17.6 Å². The molecule has 0 aromatic heterocycles. The molecule has 3 N–H and O–H groups in total. The average Bonchev–Trinajstić information content (AvgIpc) is 2.54. The molecule has 0 aliphatic carbocycles. The summed E-state index contributed by atoms with van der Waals surface area (Å²) in [6.45, 7) is 1.93. The number of carbonyl (C=O) groups excluding carboxylic acids is 2. The van der Waals surface area contributed by atoms with Gasteiger partial charge in [0, 0.05) is 5.69 Å². The van der Waals surface area contributed by atoms with Gasteiger partial charge in [-0.2, -0.15) is 5.26 Å². The van der Waals surface area contributed by atoms with E-state index in [-0.39, 0.29) is 16.8 Å². The monoisotopic (exact) mass is 323 g/mol. The first-order valence-electron chi connectivity index (χ1n) is 7.00. The van der Waals surface area contributed by atoms with E-state index in [0.717, 1.165) is 11.6 Å². The summed E-state index contributed by atoms with van der Waals surface area (Å²) in [5.74, 6) is -2.42. The van der Waals surface area contributed by atoms with Crippen molar-refractivity contribution in [3.05, 3.63) is 70.5 Å². The zero-order valence-corrected chi connectivity index (χ0v) is 12.8. The van der Waals surface area contributed by atoms with E-state index >= 15 is 0 Å². The topological polar surface area (TPSA) is 96.0 Å². The van der Waals surface area contributed by atoms with E-state index in [4.69, 9.17) is 11.0 Å². The molecule has 0 aliphatic rings. The second-order valence-electron chi connectivity index (χ2n) is 5.09. The molecule has 24 heavy (non-hydrogen) atoms. The van der Waals surface area contributed by atoms with Crippen LogP contribution in [0.5, 0.6) is 0 Å². The minimum absolute atomic E-state index is 0.118. The standard InChI is InChI=1S/C18H14FN3O2/c1-11-2-4-12(5-3-11)8-13(10-20)18(24)22-14-6-7-15(17(21)23)16(19)9-14/h2-9H,1H3,(H2,21,23)(H,22,24)/b13-8+. The molecule has 5 nitrogen and oxygen atoms in total. The molecule has 2 aromatic rings. The van der Waals surface area contributed by atoms with Crippen molar-refractivity contribution in [1.29, 1.82) is 5.26 Å². The zero-order valence-electron chi connectivity index (χ0n) is 12.8. The number of benzene rings is 2. The first kappa shape index (κ1) is 16.9. The maximum atomic E-state index is 13.7.